The topological polar surface area (TPSA) is 107 Å². The number of ether oxygens (including phenoxy) is 2. The Morgan fingerprint density at radius 3 is 2.76 bits per heavy atom. The third kappa shape index (κ3) is 4.26. The van der Waals surface area contributed by atoms with E-state index in [0.29, 0.717) is 12.7 Å². The molecule has 0 aliphatic carbocycles. The first-order chi connectivity index (χ1) is 15.7. The summed E-state index contributed by atoms with van der Waals surface area (Å²) in [4.78, 5) is 52.5. The molecular weight excluding hydrogens is 459 g/mol. The van der Waals surface area contributed by atoms with Crippen molar-refractivity contribution in [2.24, 2.45) is 0 Å². The van der Waals surface area contributed by atoms with Crippen LogP contribution >= 0.6 is 8.58 Å². The van der Waals surface area contributed by atoms with Crippen molar-refractivity contribution in [1.82, 2.24) is 14.8 Å². The maximum atomic E-state index is 13.9. The number of carbonyl (C=O) groups excluding carboxylic acids is 3. The number of pyridine rings is 1. The molecule has 9 nitrogen and oxygen atoms in total. The summed E-state index contributed by atoms with van der Waals surface area (Å²) in [5, 5.41) is 2.40. The standard InChI is InChI=1S/C21H20F2N3O6P/c1-10-9-31-15-8-25-7-13(19(28)24-6-11-3-4-12(22)5-14(11)23)17(27)18(32-21(30)33-2)16(25)20(29)26(10)15/h3-5,7,10,15,33H,6,8-9H2,1-2H3,(H,24,28). The number of nitrogens with zero attached hydrogens (tertiary/aromatic N) is 2. The second-order valence-corrected chi connectivity index (χ2v) is 8.52. The van der Waals surface area contributed by atoms with Crippen molar-refractivity contribution in [2.45, 2.75) is 32.3 Å². The fourth-order valence-electron chi connectivity index (χ4n) is 3.80. The van der Waals surface area contributed by atoms with Crippen LogP contribution in [0.2, 0.25) is 0 Å². The number of amides is 2. The maximum absolute atomic E-state index is 13.9. The minimum atomic E-state index is -0.940. The van der Waals surface area contributed by atoms with Gasteiger partial charge >= 0.3 is 5.71 Å². The molecule has 0 radical (unpaired) electrons. The number of rotatable bonds is 5. The molecule has 1 aromatic heterocycles. The van der Waals surface area contributed by atoms with Gasteiger partial charge in [-0.3, -0.25) is 14.4 Å². The highest BCUT2D eigenvalue weighted by molar-refractivity contribution is 7.56. The maximum Gasteiger partial charge on any atom is 0.328 e. The Hall–Kier alpha value is -3.17. The minimum absolute atomic E-state index is 0.0146. The van der Waals surface area contributed by atoms with Gasteiger partial charge < -0.3 is 24.3 Å². The summed E-state index contributed by atoms with van der Waals surface area (Å²) in [6.07, 6.45) is 0.601. The van der Waals surface area contributed by atoms with E-state index in [1.165, 1.54) is 21.7 Å². The van der Waals surface area contributed by atoms with Crippen LogP contribution in [0.15, 0.2) is 29.2 Å². The highest BCUT2D eigenvalue weighted by Crippen LogP contribution is 2.30. The SMILES string of the molecule is CPC(=O)Oc1c2n(cc(C(=O)NCc3ccc(F)cc3F)c1=O)CC1OCC(C)N1C2=O. The van der Waals surface area contributed by atoms with Gasteiger partial charge in [-0.2, -0.15) is 0 Å². The van der Waals surface area contributed by atoms with E-state index in [-0.39, 0.29) is 39.0 Å². The Balaban J connectivity index is 1.71. The average Bonchev–Trinajstić information content (AvgIpc) is 3.15. The van der Waals surface area contributed by atoms with Crippen molar-refractivity contribution < 1.29 is 32.6 Å². The molecule has 2 amide bonds. The lowest BCUT2D eigenvalue weighted by Gasteiger charge is -2.34. The average molecular weight is 479 g/mol. The van der Waals surface area contributed by atoms with Gasteiger partial charge in [0.05, 0.1) is 19.2 Å². The van der Waals surface area contributed by atoms with Crippen molar-refractivity contribution in [3.8, 4) is 5.75 Å². The normalized spacial score (nSPS) is 19.5. The molecule has 2 aromatic rings. The molecule has 1 saturated heterocycles. The third-order valence-corrected chi connectivity index (χ3v) is 5.95. The quantitative estimate of drug-likeness (QED) is 0.659. The van der Waals surface area contributed by atoms with E-state index in [0.717, 1.165) is 6.07 Å². The summed E-state index contributed by atoms with van der Waals surface area (Å²) in [6, 6.07) is 2.66. The number of nitrogens with one attached hydrogen (secondary N) is 1. The van der Waals surface area contributed by atoms with E-state index in [9.17, 15) is 28.0 Å². The van der Waals surface area contributed by atoms with Crippen LogP contribution in [0.3, 0.4) is 0 Å². The van der Waals surface area contributed by atoms with Crippen LogP contribution < -0.4 is 15.5 Å². The summed E-state index contributed by atoms with van der Waals surface area (Å²) in [6.45, 7) is 3.46. The predicted octanol–water partition coefficient (Wildman–Crippen LogP) is 2.06. The number of halogens is 2. The molecule has 1 fully saturated rings. The van der Waals surface area contributed by atoms with Gasteiger partial charge in [0.15, 0.2) is 11.9 Å². The molecule has 0 bridgehead atoms. The van der Waals surface area contributed by atoms with E-state index in [4.69, 9.17) is 9.47 Å². The second kappa shape index (κ2) is 8.99. The lowest BCUT2D eigenvalue weighted by Crippen LogP contribution is -2.49. The lowest BCUT2D eigenvalue weighted by molar-refractivity contribution is 0.00635. The van der Waals surface area contributed by atoms with Crippen molar-refractivity contribution in [1.29, 1.82) is 0 Å². The molecule has 1 aromatic carbocycles. The van der Waals surface area contributed by atoms with Gasteiger partial charge in [0.1, 0.15) is 17.2 Å². The first kappa shape index (κ1) is 23.0. The Labute approximate surface area is 188 Å². The number of fused-ring (bicyclic) bond motifs is 2. The Morgan fingerprint density at radius 2 is 2.06 bits per heavy atom. The molecule has 2 aliphatic heterocycles. The number of hydrogen-bond acceptors (Lipinski definition) is 6. The van der Waals surface area contributed by atoms with Gasteiger partial charge in [0, 0.05) is 24.4 Å². The molecule has 12 heteroatoms. The predicted molar refractivity (Wildman–Crippen MR) is 114 cm³/mol. The van der Waals surface area contributed by atoms with Gasteiger partial charge in [-0.15, -0.1) is 0 Å². The van der Waals surface area contributed by atoms with Gasteiger partial charge in [-0.05, 0) is 28.2 Å². The Bertz CT molecular complexity index is 1220. The minimum Gasteiger partial charge on any atom is -0.417 e. The van der Waals surface area contributed by atoms with Crippen LogP contribution in [0, 0.1) is 11.6 Å². The van der Waals surface area contributed by atoms with Crippen LogP contribution in [0.4, 0.5) is 13.6 Å². The van der Waals surface area contributed by atoms with Crippen molar-refractivity contribution in [3.05, 3.63) is 63.1 Å². The molecule has 3 heterocycles. The lowest BCUT2D eigenvalue weighted by atomic mass is 10.1. The molecule has 33 heavy (non-hydrogen) atoms. The first-order valence-corrected chi connectivity index (χ1v) is 11.5. The Morgan fingerprint density at radius 1 is 1.30 bits per heavy atom. The van der Waals surface area contributed by atoms with Crippen LogP contribution in [-0.4, -0.2) is 52.5 Å². The highest BCUT2D eigenvalue weighted by Gasteiger charge is 2.43. The molecular formula is C21H20F2N3O6P. The monoisotopic (exact) mass is 479 g/mol. The summed E-state index contributed by atoms with van der Waals surface area (Å²) in [5.41, 5.74) is -2.18. The summed E-state index contributed by atoms with van der Waals surface area (Å²) in [7, 11) is -0.306. The van der Waals surface area contributed by atoms with Crippen LogP contribution in [0.1, 0.15) is 33.3 Å². The van der Waals surface area contributed by atoms with Crippen LogP contribution in [0.5, 0.6) is 5.75 Å². The van der Waals surface area contributed by atoms with Gasteiger partial charge in [0.2, 0.25) is 11.2 Å². The van der Waals surface area contributed by atoms with Crippen molar-refractivity contribution >= 4 is 26.1 Å². The smallest absolute Gasteiger partial charge is 0.328 e. The fourth-order valence-corrected chi connectivity index (χ4v) is 4.00. The summed E-state index contributed by atoms with van der Waals surface area (Å²) < 4.78 is 39.2. The zero-order valence-corrected chi connectivity index (χ0v) is 18.7. The zero-order valence-electron chi connectivity index (χ0n) is 17.7. The molecule has 2 aliphatic rings. The molecule has 0 spiro atoms. The Kier molecular flexibility index (Phi) is 6.27. The molecule has 0 saturated carbocycles. The van der Waals surface area contributed by atoms with Gasteiger partial charge in [-0.1, -0.05) is 6.07 Å². The molecule has 174 valence electrons. The molecule has 4 rings (SSSR count). The summed E-state index contributed by atoms with van der Waals surface area (Å²) in [5.74, 6) is -3.56. The number of hydrogen-bond donors (Lipinski definition) is 1. The largest absolute Gasteiger partial charge is 0.417 e. The van der Waals surface area contributed by atoms with Crippen molar-refractivity contribution in [3.63, 3.8) is 0 Å². The van der Waals surface area contributed by atoms with E-state index >= 15 is 0 Å². The van der Waals surface area contributed by atoms with E-state index in [1.54, 1.807) is 13.6 Å². The van der Waals surface area contributed by atoms with Crippen LogP contribution in [0.25, 0.3) is 0 Å². The number of aromatic nitrogens is 1. The fraction of sp³-hybridized carbons (Fsp3) is 0.333. The molecule has 3 atom stereocenters. The van der Waals surface area contributed by atoms with Gasteiger partial charge in [0.25, 0.3) is 11.8 Å². The number of benzene rings is 1. The van der Waals surface area contributed by atoms with Crippen LogP contribution in [-0.2, 0) is 17.8 Å². The van der Waals surface area contributed by atoms with E-state index in [2.05, 4.69) is 5.32 Å². The second-order valence-electron chi connectivity index (χ2n) is 7.61. The number of carbonyl (C=O) groups is 3. The molecule has 3 unspecified atom stereocenters. The molecule has 1 N–H and O–H groups in total. The third-order valence-electron chi connectivity index (χ3n) is 5.44. The first-order valence-electron chi connectivity index (χ1n) is 10.0. The highest BCUT2D eigenvalue weighted by atomic mass is 31.1. The van der Waals surface area contributed by atoms with Crippen molar-refractivity contribution in [2.75, 3.05) is 13.3 Å². The van der Waals surface area contributed by atoms with E-state index < -0.39 is 52.1 Å². The van der Waals surface area contributed by atoms with Gasteiger partial charge in [-0.25, -0.2) is 13.6 Å². The van der Waals surface area contributed by atoms with E-state index in [1.807, 2.05) is 0 Å². The zero-order chi connectivity index (χ0) is 23.9. The summed E-state index contributed by atoms with van der Waals surface area (Å²) >= 11 is 0.